The third-order valence-electron chi connectivity index (χ3n) is 3.30. The van der Waals surface area contributed by atoms with Crippen LogP contribution in [0.4, 0.5) is 0 Å². The number of hydrogen-bond donors (Lipinski definition) is 1. The molecule has 1 aliphatic heterocycles. The third kappa shape index (κ3) is 2.11. The fourth-order valence-corrected chi connectivity index (χ4v) is 3.97. The molecule has 15 heavy (non-hydrogen) atoms. The van der Waals surface area contributed by atoms with Gasteiger partial charge in [0.1, 0.15) is 0 Å². The SMILES string of the molecule is Cc1ccsc1C1(CC(C)C)CCCN1. The Hall–Kier alpha value is -0.340. The predicted octanol–water partition coefficient (Wildman–Crippen LogP) is 3.68. The second kappa shape index (κ2) is 4.26. The zero-order chi connectivity index (χ0) is 10.9. The first-order valence-corrected chi connectivity index (χ1v) is 6.82. The lowest BCUT2D eigenvalue weighted by atomic mass is 9.85. The predicted molar refractivity (Wildman–Crippen MR) is 67.4 cm³/mol. The Morgan fingerprint density at radius 1 is 1.53 bits per heavy atom. The van der Waals surface area contributed by atoms with Crippen molar-refractivity contribution in [1.29, 1.82) is 0 Å². The fourth-order valence-electron chi connectivity index (χ4n) is 2.83. The van der Waals surface area contributed by atoms with Crippen molar-refractivity contribution in [3.8, 4) is 0 Å². The monoisotopic (exact) mass is 223 g/mol. The van der Waals surface area contributed by atoms with E-state index in [0.717, 1.165) is 5.92 Å². The molecule has 1 aromatic heterocycles. The van der Waals surface area contributed by atoms with Crippen molar-refractivity contribution in [2.45, 2.75) is 45.6 Å². The van der Waals surface area contributed by atoms with Crippen molar-refractivity contribution in [2.24, 2.45) is 5.92 Å². The zero-order valence-corrected chi connectivity index (χ0v) is 10.8. The topological polar surface area (TPSA) is 12.0 Å². The van der Waals surface area contributed by atoms with Gasteiger partial charge in [0.25, 0.3) is 0 Å². The van der Waals surface area contributed by atoms with E-state index in [9.17, 15) is 0 Å². The Bertz CT molecular complexity index is 321. The normalized spacial score (nSPS) is 26.4. The van der Waals surface area contributed by atoms with Gasteiger partial charge in [-0.3, -0.25) is 0 Å². The first kappa shape index (κ1) is 11.2. The smallest absolute Gasteiger partial charge is 0.0534 e. The van der Waals surface area contributed by atoms with E-state index < -0.39 is 0 Å². The summed E-state index contributed by atoms with van der Waals surface area (Å²) < 4.78 is 0. The summed E-state index contributed by atoms with van der Waals surface area (Å²) in [7, 11) is 0. The lowest BCUT2D eigenvalue weighted by molar-refractivity contribution is 0.316. The van der Waals surface area contributed by atoms with Gasteiger partial charge in [-0.05, 0) is 55.7 Å². The van der Waals surface area contributed by atoms with E-state index in [1.54, 1.807) is 4.88 Å². The third-order valence-corrected chi connectivity index (χ3v) is 4.52. The van der Waals surface area contributed by atoms with Crippen molar-refractivity contribution in [3.63, 3.8) is 0 Å². The highest BCUT2D eigenvalue weighted by Gasteiger charge is 2.37. The molecule has 2 heterocycles. The van der Waals surface area contributed by atoms with Crippen LogP contribution in [0.1, 0.15) is 43.6 Å². The van der Waals surface area contributed by atoms with E-state index in [2.05, 4.69) is 37.5 Å². The van der Waals surface area contributed by atoms with Crippen LogP contribution in [0.15, 0.2) is 11.4 Å². The summed E-state index contributed by atoms with van der Waals surface area (Å²) in [5, 5.41) is 5.98. The molecule has 1 aliphatic rings. The largest absolute Gasteiger partial charge is 0.307 e. The summed E-state index contributed by atoms with van der Waals surface area (Å²) in [6.07, 6.45) is 3.91. The van der Waals surface area contributed by atoms with Crippen molar-refractivity contribution in [1.82, 2.24) is 5.32 Å². The van der Waals surface area contributed by atoms with Crippen molar-refractivity contribution < 1.29 is 0 Å². The van der Waals surface area contributed by atoms with E-state index in [1.807, 2.05) is 11.3 Å². The highest BCUT2D eigenvalue weighted by molar-refractivity contribution is 7.10. The van der Waals surface area contributed by atoms with Crippen molar-refractivity contribution in [2.75, 3.05) is 6.54 Å². The molecular weight excluding hydrogens is 202 g/mol. The molecule has 2 rings (SSSR count). The summed E-state index contributed by atoms with van der Waals surface area (Å²) in [5.74, 6) is 0.761. The highest BCUT2D eigenvalue weighted by atomic mass is 32.1. The van der Waals surface area contributed by atoms with Gasteiger partial charge in [0.05, 0.1) is 5.54 Å². The summed E-state index contributed by atoms with van der Waals surface area (Å²) in [4.78, 5) is 1.58. The van der Waals surface area contributed by atoms with Crippen LogP contribution in [-0.2, 0) is 5.54 Å². The molecule has 0 aromatic carbocycles. The van der Waals surface area contributed by atoms with Crippen LogP contribution in [0.25, 0.3) is 0 Å². The minimum Gasteiger partial charge on any atom is -0.307 e. The maximum atomic E-state index is 3.76. The molecule has 1 saturated heterocycles. The molecule has 1 fully saturated rings. The molecule has 84 valence electrons. The molecule has 0 saturated carbocycles. The minimum atomic E-state index is 0.298. The van der Waals surface area contributed by atoms with Gasteiger partial charge < -0.3 is 5.32 Å². The number of aryl methyl sites for hydroxylation is 1. The quantitative estimate of drug-likeness (QED) is 0.824. The molecule has 0 amide bonds. The van der Waals surface area contributed by atoms with Crippen LogP contribution >= 0.6 is 11.3 Å². The van der Waals surface area contributed by atoms with Gasteiger partial charge in [0, 0.05) is 4.88 Å². The van der Waals surface area contributed by atoms with Crippen LogP contribution < -0.4 is 5.32 Å². The van der Waals surface area contributed by atoms with Crippen LogP contribution in [-0.4, -0.2) is 6.54 Å². The van der Waals surface area contributed by atoms with E-state index in [4.69, 9.17) is 0 Å². The fraction of sp³-hybridized carbons (Fsp3) is 0.692. The minimum absolute atomic E-state index is 0.298. The van der Waals surface area contributed by atoms with Gasteiger partial charge in [0.15, 0.2) is 0 Å². The summed E-state index contributed by atoms with van der Waals surface area (Å²) in [6.45, 7) is 8.08. The Morgan fingerprint density at radius 3 is 2.80 bits per heavy atom. The second-order valence-electron chi connectivity index (χ2n) is 5.14. The first-order valence-electron chi connectivity index (χ1n) is 5.94. The molecule has 2 heteroatoms. The maximum Gasteiger partial charge on any atom is 0.0534 e. The molecule has 0 radical (unpaired) electrons. The lowest BCUT2D eigenvalue weighted by Crippen LogP contribution is -2.37. The Balaban J connectivity index is 2.30. The molecule has 1 atom stereocenters. The van der Waals surface area contributed by atoms with Crippen LogP contribution in [0.5, 0.6) is 0 Å². The number of hydrogen-bond acceptors (Lipinski definition) is 2. The Morgan fingerprint density at radius 2 is 2.33 bits per heavy atom. The average Bonchev–Trinajstić information content (AvgIpc) is 2.73. The number of thiophene rings is 1. The molecule has 0 bridgehead atoms. The zero-order valence-electron chi connectivity index (χ0n) is 9.97. The maximum absolute atomic E-state index is 3.76. The second-order valence-corrected chi connectivity index (χ2v) is 6.06. The van der Waals surface area contributed by atoms with Crippen LogP contribution in [0.3, 0.4) is 0 Å². The van der Waals surface area contributed by atoms with E-state index >= 15 is 0 Å². The van der Waals surface area contributed by atoms with Gasteiger partial charge in [-0.25, -0.2) is 0 Å². The van der Waals surface area contributed by atoms with E-state index in [1.165, 1.54) is 31.4 Å². The van der Waals surface area contributed by atoms with Crippen LogP contribution in [0.2, 0.25) is 0 Å². The highest BCUT2D eigenvalue weighted by Crippen LogP contribution is 2.40. The number of rotatable bonds is 3. The molecule has 1 aromatic rings. The molecule has 0 aliphatic carbocycles. The first-order chi connectivity index (χ1) is 7.14. The van der Waals surface area contributed by atoms with Gasteiger partial charge in [-0.15, -0.1) is 11.3 Å². The molecule has 1 N–H and O–H groups in total. The van der Waals surface area contributed by atoms with Gasteiger partial charge in [0.2, 0.25) is 0 Å². The lowest BCUT2D eigenvalue weighted by Gasteiger charge is -2.31. The molecular formula is C13H21NS. The van der Waals surface area contributed by atoms with E-state index in [0.29, 0.717) is 5.54 Å². The average molecular weight is 223 g/mol. The summed E-state index contributed by atoms with van der Waals surface area (Å²) in [6, 6.07) is 2.25. The number of nitrogens with one attached hydrogen (secondary N) is 1. The standard InChI is InChI=1S/C13H21NS/c1-10(2)9-13(6-4-7-14-13)12-11(3)5-8-15-12/h5,8,10,14H,4,6-7,9H2,1-3H3. The van der Waals surface area contributed by atoms with Crippen LogP contribution in [0, 0.1) is 12.8 Å². The summed E-state index contributed by atoms with van der Waals surface area (Å²) >= 11 is 1.93. The summed E-state index contributed by atoms with van der Waals surface area (Å²) in [5.41, 5.74) is 1.77. The molecule has 1 nitrogen and oxygen atoms in total. The van der Waals surface area contributed by atoms with Crippen molar-refractivity contribution >= 4 is 11.3 Å². The Labute approximate surface area is 96.9 Å². The van der Waals surface area contributed by atoms with Gasteiger partial charge in [-0.2, -0.15) is 0 Å². The van der Waals surface area contributed by atoms with Gasteiger partial charge >= 0.3 is 0 Å². The Kier molecular flexibility index (Phi) is 3.17. The van der Waals surface area contributed by atoms with Gasteiger partial charge in [-0.1, -0.05) is 13.8 Å². The molecule has 1 unspecified atom stereocenters. The van der Waals surface area contributed by atoms with Crippen molar-refractivity contribution in [3.05, 3.63) is 21.9 Å². The van der Waals surface area contributed by atoms with E-state index in [-0.39, 0.29) is 0 Å². The molecule has 0 spiro atoms.